The summed E-state index contributed by atoms with van der Waals surface area (Å²) in [6.07, 6.45) is 1.61. The number of hydrogen-bond acceptors (Lipinski definition) is 5. The zero-order valence-corrected chi connectivity index (χ0v) is 15.9. The fraction of sp³-hybridized carbons (Fsp3) is 0.235. The summed E-state index contributed by atoms with van der Waals surface area (Å²) >= 11 is 8.96. The van der Waals surface area contributed by atoms with Crippen LogP contribution in [0.1, 0.15) is 35.5 Å². The zero-order valence-electron chi connectivity index (χ0n) is 13.5. The maximum absolute atomic E-state index is 12.4. The van der Waals surface area contributed by atoms with E-state index in [1.54, 1.807) is 6.20 Å². The molecule has 0 aliphatic heterocycles. The van der Waals surface area contributed by atoms with E-state index in [0.29, 0.717) is 15.0 Å². The highest BCUT2D eigenvalue weighted by Crippen LogP contribution is 2.31. The summed E-state index contributed by atoms with van der Waals surface area (Å²) in [5, 5.41) is 6.82. The minimum atomic E-state index is -0.192. The van der Waals surface area contributed by atoms with Crippen LogP contribution in [0.4, 0.5) is 5.13 Å². The topological polar surface area (TPSA) is 54.9 Å². The molecule has 3 rings (SSSR count). The molecule has 0 unspecified atom stereocenters. The van der Waals surface area contributed by atoms with Gasteiger partial charge in [0.05, 0.1) is 16.9 Å². The third-order valence-corrected chi connectivity index (χ3v) is 5.75. The lowest BCUT2D eigenvalue weighted by atomic mass is 9.98. The van der Waals surface area contributed by atoms with Crippen molar-refractivity contribution in [3.8, 4) is 11.3 Å². The van der Waals surface area contributed by atoms with Gasteiger partial charge in [-0.15, -0.1) is 22.7 Å². The molecule has 0 saturated heterocycles. The van der Waals surface area contributed by atoms with Crippen LogP contribution in [0.3, 0.4) is 0 Å². The van der Waals surface area contributed by atoms with E-state index in [4.69, 9.17) is 11.6 Å². The van der Waals surface area contributed by atoms with Crippen LogP contribution in [-0.4, -0.2) is 15.9 Å². The molecule has 2 heterocycles. The molecule has 1 amide bonds. The molecule has 0 bridgehead atoms. The van der Waals surface area contributed by atoms with E-state index in [-0.39, 0.29) is 11.3 Å². The molecule has 0 saturated carbocycles. The van der Waals surface area contributed by atoms with Crippen LogP contribution in [0.25, 0.3) is 11.3 Å². The van der Waals surface area contributed by atoms with Gasteiger partial charge in [-0.2, -0.15) is 0 Å². The molecular formula is C17H16ClN3OS2. The van der Waals surface area contributed by atoms with Crippen molar-refractivity contribution in [3.63, 3.8) is 0 Å². The Morgan fingerprint density at radius 3 is 2.67 bits per heavy atom. The first kappa shape index (κ1) is 17.1. The highest BCUT2D eigenvalue weighted by molar-refractivity contribution is 7.15. The third-order valence-electron chi connectivity index (χ3n) is 3.25. The van der Waals surface area contributed by atoms with Gasteiger partial charge in [0.1, 0.15) is 4.88 Å². The minimum Gasteiger partial charge on any atom is -0.297 e. The molecule has 7 heteroatoms. The predicted octanol–water partition coefficient (Wildman–Crippen LogP) is 5.47. The molecule has 4 nitrogen and oxygen atoms in total. The Balaban J connectivity index is 1.76. The Kier molecular flexibility index (Phi) is 4.71. The van der Waals surface area contributed by atoms with Crippen LogP contribution in [0.2, 0.25) is 5.02 Å². The van der Waals surface area contributed by atoms with E-state index in [9.17, 15) is 4.79 Å². The van der Waals surface area contributed by atoms with Gasteiger partial charge in [-0.1, -0.05) is 50.6 Å². The number of carbonyl (C=O) groups excluding carboxylic acids is 1. The molecule has 2 aromatic heterocycles. The van der Waals surface area contributed by atoms with E-state index in [2.05, 4.69) is 36.1 Å². The maximum Gasteiger partial charge on any atom is 0.269 e. The van der Waals surface area contributed by atoms with Crippen LogP contribution < -0.4 is 5.32 Å². The summed E-state index contributed by atoms with van der Waals surface area (Å²) in [6.45, 7) is 6.22. The monoisotopic (exact) mass is 377 g/mol. The number of halogens is 1. The molecule has 0 aliphatic carbocycles. The van der Waals surface area contributed by atoms with Crippen molar-refractivity contribution in [1.29, 1.82) is 0 Å². The van der Waals surface area contributed by atoms with Gasteiger partial charge in [0, 0.05) is 21.4 Å². The number of benzene rings is 1. The smallest absolute Gasteiger partial charge is 0.269 e. The summed E-state index contributed by atoms with van der Waals surface area (Å²) in [5.41, 5.74) is 1.53. The number of aromatic nitrogens is 2. The molecule has 0 fully saturated rings. The maximum atomic E-state index is 12.4. The molecule has 1 aromatic carbocycles. The highest BCUT2D eigenvalue weighted by Gasteiger charge is 2.21. The standard InChI is InChI=1S/C17H16ClN3OS2/c1-17(2,3)15-19-8-13(24-15)14(22)21-16-20-12(9-23-16)10-6-4-5-7-11(10)18/h4-9H,1-3H3,(H,20,21,22). The fourth-order valence-electron chi connectivity index (χ4n) is 2.01. The van der Waals surface area contributed by atoms with Gasteiger partial charge < -0.3 is 0 Å². The molecular weight excluding hydrogens is 362 g/mol. The molecule has 0 spiro atoms. The molecule has 124 valence electrons. The number of carbonyl (C=O) groups is 1. The Labute approximate surface area is 153 Å². The Morgan fingerprint density at radius 1 is 1.25 bits per heavy atom. The summed E-state index contributed by atoms with van der Waals surface area (Å²) < 4.78 is 0. The van der Waals surface area contributed by atoms with E-state index in [1.165, 1.54) is 22.7 Å². The zero-order chi connectivity index (χ0) is 17.3. The van der Waals surface area contributed by atoms with E-state index in [0.717, 1.165) is 16.3 Å². The normalized spacial score (nSPS) is 11.5. The molecule has 24 heavy (non-hydrogen) atoms. The van der Waals surface area contributed by atoms with Crippen LogP contribution in [0, 0.1) is 0 Å². The number of hydrogen-bond donors (Lipinski definition) is 1. The van der Waals surface area contributed by atoms with Crippen molar-refractivity contribution in [2.45, 2.75) is 26.2 Å². The van der Waals surface area contributed by atoms with Gasteiger partial charge in [-0.3, -0.25) is 10.1 Å². The number of rotatable bonds is 3. The van der Waals surface area contributed by atoms with Crippen molar-refractivity contribution in [2.24, 2.45) is 0 Å². The Hall–Kier alpha value is -1.76. The third kappa shape index (κ3) is 3.66. The summed E-state index contributed by atoms with van der Waals surface area (Å²) in [5.74, 6) is -0.192. The second-order valence-electron chi connectivity index (χ2n) is 6.25. The summed E-state index contributed by atoms with van der Waals surface area (Å²) in [6, 6.07) is 7.50. The van der Waals surface area contributed by atoms with Crippen molar-refractivity contribution >= 4 is 45.3 Å². The van der Waals surface area contributed by atoms with Gasteiger partial charge in [0.2, 0.25) is 0 Å². The second-order valence-corrected chi connectivity index (χ2v) is 8.55. The largest absolute Gasteiger partial charge is 0.297 e. The lowest BCUT2D eigenvalue weighted by Gasteiger charge is -2.13. The first-order valence-corrected chi connectivity index (χ1v) is 9.40. The van der Waals surface area contributed by atoms with E-state index in [1.807, 2.05) is 29.6 Å². The van der Waals surface area contributed by atoms with Crippen LogP contribution >= 0.6 is 34.3 Å². The van der Waals surface area contributed by atoms with Crippen LogP contribution in [0.15, 0.2) is 35.8 Å². The van der Waals surface area contributed by atoms with Crippen molar-refractivity contribution in [3.05, 3.63) is 50.7 Å². The van der Waals surface area contributed by atoms with E-state index >= 15 is 0 Å². The number of nitrogens with one attached hydrogen (secondary N) is 1. The van der Waals surface area contributed by atoms with Crippen LogP contribution in [0.5, 0.6) is 0 Å². The minimum absolute atomic E-state index is 0.0679. The quantitative estimate of drug-likeness (QED) is 0.658. The molecule has 0 atom stereocenters. The van der Waals surface area contributed by atoms with Gasteiger partial charge in [0.15, 0.2) is 5.13 Å². The van der Waals surface area contributed by atoms with Gasteiger partial charge in [-0.05, 0) is 6.07 Å². The van der Waals surface area contributed by atoms with Gasteiger partial charge in [-0.25, -0.2) is 9.97 Å². The molecule has 3 aromatic rings. The summed E-state index contributed by atoms with van der Waals surface area (Å²) in [4.78, 5) is 21.7. The lowest BCUT2D eigenvalue weighted by Crippen LogP contribution is -2.10. The van der Waals surface area contributed by atoms with Crippen molar-refractivity contribution < 1.29 is 4.79 Å². The fourth-order valence-corrected chi connectivity index (χ4v) is 3.82. The number of thiazole rings is 2. The highest BCUT2D eigenvalue weighted by atomic mass is 35.5. The second kappa shape index (κ2) is 6.63. The average molecular weight is 378 g/mol. The Bertz CT molecular complexity index is 880. The molecule has 0 radical (unpaired) electrons. The molecule has 1 N–H and O–H groups in total. The molecule has 0 aliphatic rings. The first-order chi connectivity index (χ1) is 11.3. The number of anilines is 1. The average Bonchev–Trinajstić information content (AvgIpc) is 3.16. The predicted molar refractivity (Wildman–Crippen MR) is 101 cm³/mol. The SMILES string of the molecule is CC(C)(C)c1ncc(C(=O)Nc2nc(-c3ccccc3Cl)cs2)s1. The number of amides is 1. The Morgan fingerprint density at radius 2 is 2.00 bits per heavy atom. The first-order valence-electron chi connectivity index (χ1n) is 7.32. The lowest BCUT2D eigenvalue weighted by molar-refractivity contribution is 0.103. The van der Waals surface area contributed by atoms with Crippen molar-refractivity contribution in [1.82, 2.24) is 9.97 Å². The van der Waals surface area contributed by atoms with Gasteiger partial charge in [0.25, 0.3) is 5.91 Å². The van der Waals surface area contributed by atoms with Crippen molar-refractivity contribution in [2.75, 3.05) is 5.32 Å². The van der Waals surface area contributed by atoms with E-state index < -0.39 is 0 Å². The van der Waals surface area contributed by atoms with Crippen LogP contribution in [-0.2, 0) is 5.41 Å². The number of nitrogens with zero attached hydrogens (tertiary/aromatic N) is 2. The van der Waals surface area contributed by atoms with Gasteiger partial charge >= 0.3 is 0 Å². The summed E-state index contributed by atoms with van der Waals surface area (Å²) in [7, 11) is 0.